The molecule has 9 heteroatoms. The van der Waals surface area contributed by atoms with Crippen LogP contribution in [0.15, 0.2) is 53.5 Å². The van der Waals surface area contributed by atoms with Gasteiger partial charge in [-0.25, -0.2) is 4.39 Å². The number of methoxy groups -OCH3 is 1. The van der Waals surface area contributed by atoms with E-state index in [1.165, 1.54) is 7.11 Å². The van der Waals surface area contributed by atoms with Crippen molar-refractivity contribution in [3.63, 3.8) is 0 Å². The van der Waals surface area contributed by atoms with Gasteiger partial charge in [0.2, 0.25) is 0 Å². The molecule has 1 fully saturated rings. The number of rotatable bonds is 8. The van der Waals surface area contributed by atoms with Crippen LogP contribution in [-0.2, 0) is 23.1 Å². The summed E-state index contributed by atoms with van der Waals surface area (Å²) in [5.41, 5.74) is 2.04. The van der Waals surface area contributed by atoms with E-state index in [9.17, 15) is 8.60 Å². The lowest BCUT2D eigenvalue weighted by Crippen LogP contribution is -2.52. The lowest BCUT2D eigenvalue weighted by atomic mass is 10.2. The summed E-state index contributed by atoms with van der Waals surface area (Å²) in [6.07, 6.45) is 0. The Balaban J connectivity index is 0.00000363. The van der Waals surface area contributed by atoms with Gasteiger partial charge in [-0.3, -0.25) is 14.1 Å². The zero-order chi connectivity index (χ0) is 22.1. The molecule has 2 aromatic rings. The first kappa shape index (κ1) is 26.5. The Morgan fingerprint density at radius 3 is 2.47 bits per heavy atom. The van der Waals surface area contributed by atoms with Gasteiger partial charge in [-0.05, 0) is 23.3 Å². The highest BCUT2D eigenvalue weighted by Crippen LogP contribution is 2.19. The van der Waals surface area contributed by atoms with Crippen molar-refractivity contribution in [2.24, 2.45) is 4.99 Å². The summed E-state index contributed by atoms with van der Waals surface area (Å²) in [7, 11) is 2.33. The molecular weight excluding hydrogens is 542 g/mol. The Bertz CT molecular complexity index is 893. The average molecular weight is 575 g/mol. The zero-order valence-corrected chi connectivity index (χ0v) is 21.8. The summed E-state index contributed by atoms with van der Waals surface area (Å²) in [5, 5.41) is 3.34. The topological polar surface area (TPSA) is 57.2 Å². The predicted molar refractivity (Wildman–Crippen MR) is 140 cm³/mol. The largest absolute Gasteiger partial charge is 0.494 e. The molecule has 0 aliphatic carbocycles. The number of halogens is 2. The van der Waals surface area contributed by atoms with Crippen molar-refractivity contribution >= 4 is 40.7 Å². The highest BCUT2D eigenvalue weighted by Gasteiger charge is 2.20. The quantitative estimate of drug-likeness (QED) is 0.299. The van der Waals surface area contributed by atoms with Crippen molar-refractivity contribution in [2.75, 3.05) is 52.6 Å². The van der Waals surface area contributed by atoms with Crippen LogP contribution in [0, 0.1) is 5.82 Å². The van der Waals surface area contributed by atoms with Crippen molar-refractivity contribution in [1.29, 1.82) is 0 Å². The summed E-state index contributed by atoms with van der Waals surface area (Å²) < 4.78 is 31.2. The van der Waals surface area contributed by atoms with Crippen LogP contribution in [-0.4, -0.2) is 72.6 Å². The van der Waals surface area contributed by atoms with Gasteiger partial charge in [0, 0.05) is 68.6 Å². The van der Waals surface area contributed by atoms with E-state index >= 15 is 0 Å². The molecule has 0 radical (unpaired) electrons. The molecular formula is C23H32FIN4O2S. The molecule has 1 atom stereocenters. The van der Waals surface area contributed by atoms with Gasteiger partial charge < -0.3 is 15.0 Å². The van der Waals surface area contributed by atoms with Crippen LogP contribution in [0.1, 0.15) is 11.1 Å². The maximum Gasteiger partial charge on any atom is 0.193 e. The molecule has 0 spiro atoms. The third-order valence-electron chi connectivity index (χ3n) is 5.29. The first-order valence-corrected chi connectivity index (χ1v) is 12.0. The second-order valence-corrected chi connectivity index (χ2v) is 9.06. The van der Waals surface area contributed by atoms with Crippen LogP contribution in [0.4, 0.5) is 4.39 Å². The smallest absolute Gasteiger partial charge is 0.193 e. The van der Waals surface area contributed by atoms with Crippen LogP contribution in [0.25, 0.3) is 0 Å². The Morgan fingerprint density at radius 1 is 1.12 bits per heavy atom. The molecule has 1 aliphatic rings. The summed E-state index contributed by atoms with van der Waals surface area (Å²) in [4.78, 5) is 8.90. The molecule has 1 unspecified atom stereocenters. The van der Waals surface area contributed by atoms with Crippen LogP contribution in [0.5, 0.6) is 5.75 Å². The number of guanidine groups is 1. The van der Waals surface area contributed by atoms with E-state index in [2.05, 4.69) is 20.1 Å². The average Bonchev–Trinajstić information content (AvgIpc) is 2.78. The first-order valence-electron chi connectivity index (χ1n) is 10.5. The fourth-order valence-corrected chi connectivity index (χ4v) is 4.66. The molecule has 1 heterocycles. The lowest BCUT2D eigenvalue weighted by Gasteiger charge is -2.36. The number of hydrogen-bond acceptors (Lipinski definition) is 4. The van der Waals surface area contributed by atoms with Gasteiger partial charge in [0.05, 0.1) is 7.11 Å². The van der Waals surface area contributed by atoms with Crippen LogP contribution in [0.3, 0.4) is 0 Å². The van der Waals surface area contributed by atoms with Crippen molar-refractivity contribution in [3.8, 4) is 5.75 Å². The van der Waals surface area contributed by atoms with Crippen LogP contribution in [0.2, 0.25) is 0 Å². The first-order chi connectivity index (χ1) is 15.1. The number of hydrogen-bond donors (Lipinski definition) is 1. The van der Waals surface area contributed by atoms with Crippen molar-refractivity contribution in [3.05, 3.63) is 65.5 Å². The van der Waals surface area contributed by atoms with Gasteiger partial charge in [-0.15, -0.1) is 24.0 Å². The minimum Gasteiger partial charge on any atom is -0.494 e. The predicted octanol–water partition coefficient (Wildman–Crippen LogP) is 3.09. The normalized spacial score (nSPS) is 15.7. The highest BCUT2D eigenvalue weighted by molar-refractivity contribution is 14.0. The second-order valence-electron chi connectivity index (χ2n) is 7.48. The minimum absolute atomic E-state index is 0. The monoisotopic (exact) mass is 574 g/mol. The zero-order valence-electron chi connectivity index (χ0n) is 18.6. The van der Waals surface area contributed by atoms with E-state index < -0.39 is 10.8 Å². The summed E-state index contributed by atoms with van der Waals surface area (Å²) in [5.74, 6) is 1.94. The van der Waals surface area contributed by atoms with E-state index in [4.69, 9.17) is 4.74 Å². The van der Waals surface area contributed by atoms with Gasteiger partial charge in [-0.2, -0.15) is 0 Å². The van der Waals surface area contributed by atoms with Crippen LogP contribution < -0.4 is 10.1 Å². The van der Waals surface area contributed by atoms with Gasteiger partial charge in [-0.1, -0.05) is 36.4 Å². The SMILES string of the molecule is CN=C(NCCS(=O)Cc1ccccc1)N1CCN(Cc2ccc(OC)c(F)c2)CC1.I. The van der Waals surface area contributed by atoms with Gasteiger partial charge in [0.25, 0.3) is 0 Å². The molecule has 2 aromatic carbocycles. The molecule has 6 nitrogen and oxygen atoms in total. The summed E-state index contributed by atoms with van der Waals surface area (Å²) >= 11 is 0. The number of nitrogens with zero attached hydrogens (tertiary/aromatic N) is 3. The highest BCUT2D eigenvalue weighted by atomic mass is 127. The molecule has 32 heavy (non-hydrogen) atoms. The number of ether oxygens (including phenoxy) is 1. The maximum absolute atomic E-state index is 13.9. The van der Waals surface area contributed by atoms with Gasteiger partial charge in [0.1, 0.15) is 0 Å². The third-order valence-corrected chi connectivity index (χ3v) is 6.60. The van der Waals surface area contributed by atoms with Gasteiger partial charge in [0.15, 0.2) is 17.5 Å². The fourth-order valence-electron chi connectivity index (χ4n) is 3.63. The second kappa shape index (κ2) is 13.7. The maximum atomic E-state index is 13.9. The Hall–Kier alpha value is -1.72. The molecule has 0 saturated carbocycles. The van der Waals surface area contributed by atoms with E-state index in [1.54, 1.807) is 19.2 Å². The number of benzene rings is 2. The third kappa shape index (κ3) is 8.00. The van der Waals surface area contributed by atoms with E-state index in [-0.39, 0.29) is 35.5 Å². The van der Waals surface area contributed by atoms with E-state index in [0.29, 0.717) is 24.6 Å². The van der Waals surface area contributed by atoms with E-state index in [0.717, 1.165) is 43.3 Å². The van der Waals surface area contributed by atoms with Crippen LogP contribution >= 0.6 is 24.0 Å². The Labute approximate surface area is 209 Å². The fraction of sp³-hybridized carbons (Fsp3) is 0.435. The Morgan fingerprint density at radius 2 is 1.84 bits per heavy atom. The summed E-state index contributed by atoms with van der Waals surface area (Å²) in [6.45, 7) is 4.75. The molecule has 0 amide bonds. The van der Waals surface area contributed by atoms with Crippen molar-refractivity contribution in [2.45, 2.75) is 12.3 Å². The number of aliphatic imine (C=N–C) groups is 1. The molecule has 176 valence electrons. The van der Waals surface area contributed by atoms with Crippen molar-refractivity contribution < 1.29 is 13.3 Å². The summed E-state index contributed by atoms with van der Waals surface area (Å²) in [6, 6.07) is 15.0. The van der Waals surface area contributed by atoms with E-state index in [1.807, 2.05) is 36.4 Å². The molecule has 0 bridgehead atoms. The Kier molecular flexibility index (Phi) is 11.4. The number of nitrogens with one attached hydrogen (secondary N) is 1. The number of piperazine rings is 1. The minimum atomic E-state index is -0.911. The van der Waals surface area contributed by atoms with Crippen molar-refractivity contribution in [1.82, 2.24) is 15.1 Å². The molecule has 1 saturated heterocycles. The van der Waals surface area contributed by atoms with Gasteiger partial charge >= 0.3 is 0 Å². The molecule has 3 rings (SSSR count). The molecule has 1 aliphatic heterocycles. The standard InChI is InChI=1S/C23H31FN4O2S.HI/c1-25-23(26-10-15-31(29)18-19-6-4-3-5-7-19)28-13-11-27(12-14-28)17-20-8-9-22(30-2)21(24)16-20;/h3-9,16H,10-15,17-18H2,1-2H3,(H,25,26);1H. The lowest BCUT2D eigenvalue weighted by molar-refractivity contribution is 0.172. The molecule has 0 aromatic heterocycles. The molecule has 1 N–H and O–H groups in total.